The minimum atomic E-state index is -3.43. The molecule has 0 atom stereocenters. The molecule has 0 aliphatic rings. The highest BCUT2D eigenvalue weighted by Gasteiger charge is 2.14. The van der Waals surface area contributed by atoms with E-state index < -0.39 is 15.3 Å². The van der Waals surface area contributed by atoms with Gasteiger partial charge in [0.2, 0.25) is 0 Å². The third-order valence-electron chi connectivity index (χ3n) is 1.74. The summed E-state index contributed by atoms with van der Waals surface area (Å²) in [5.74, 6) is -0.285. The van der Waals surface area contributed by atoms with Crippen LogP contribution in [0.5, 0.6) is 0 Å². The molecule has 1 rings (SSSR count). The van der Waals surface area contributed by atoms with Crippen molar-refractivity contribution in [1.29, 1.82) is 0 Å². The van der Waals surface area contributed by atoms with Crippen molar-refractivity contribution in [3.8, 4) is 0 Å². The van der Waals surface area contributed by atoms with Crippen molar-refractivity contribution in [2.24, 2.45) is 0 Å². The second-order valence-electron chi connectivity index (χ2n) is 2.86. The summed E-state index contributed by atoms with van der Waals surface area (Å²) in [7, 11) is -3.43. The molecule has 7 heteroatoms. The van der Waals surface area contributed by atoms with Crippen molar-refractivity contribution in [1.82, 2.24) is 0 Å². The Morgan fingerprint density at radius 2 is 1.88 bits per heavy atom. The van der Waals surface area contributed by atoms with Gasteiger partial charge in [-0.1, -0.05) is 15.9 Å². The van der Waals surface area contributed by atoms with Crippen LogP contribution >= 0.6 is 27.5 Å². The van der Waals surface area contributed by atoms with E-state index in [0.29, 0.717) is 0 Å². The van der Waals surface area contributed by atoms with E-state index in [0.717, 1.165) is 4.47 Å². The molecular formula is C9H8BrClO4S. The lowest BCUT2D eigenvalue weighted by Crippen LogP contribution is -2.13. The van der Waals surface area contributed by atoms with E-state index in [9.17, 15) is 13.2 Å². The molecule has 16 heavy (non-hydrogen) atoms. The summed E-state index contributed by atoms with van der Waals surface area (Å²) in [5.41, 5.74) is -1.01. The van der Waals surface area contributed by atoms with Crippen molar-refractivity contribution >= 4 is 42.8 Å². The third kappa shape index (κ3) is 4.11. The largest absolute Gasteiger partial charge is 0.453 e. The lowest BCUT2D eigenvalue weighted by molar-refractivity contribution is 0.180. The van der Waals surface area contributed by atoms with Crippen LogP contribution in [0.1, 0.15) is 0 Å². The molecule has 0 N–H and O–H groups in total. The smallest absolute Gasteiger partial charge is 0.403 e. The Morgan fingerprint density at radius 1 is 1.31 bits per heavy atom. The Morgan fingerprint density at radius 3 is 2.38 bits per heavy atom. The zero-order valence-corrected chi connectivity index (χ0v) is 11.2. The standard InChI is InChI=1S/C9H8BrClO4S/c10-7-1-3-8(4-2-7)16(13,14)6-5-15-9(11)12/h1-4H,5-6H2. The molecule has 1 aromatic rings. The van der Waals surface area contributed by atoms with E-state index in [4.69, 9.17) is 11.6 Å². The van der Waals surface area contributed by atoms with Crippen LogP contribution in [0.3, 0.4) is 0 Å². The number of carbonyl (C=O) groups excluding carboxylic acids is 1. The maximum absolute atomic E-state index is 11.7. The number of carbonyl (C=O) groups is 1. The first kappa shape index (κ1) is 13.5. The van der Waals surface area contributed by atoms with Crippen LogP contribution in [0.15, 0.2) is 33.6 Å². The molecule has 0 unspecified atom stereocenters. The Balaban J connectivity index is 2.71. The lowest BCUT2D eigenvalue weighted by Gasteiger charge is -2.04. The van der Waals surface area contributed by atoms with Gasteiger partial charge in [-0.3, -0.25) is 0 Å². The van der Waals surface area contributed by atoms with Gasteiger partial charge < -0.3 is 4.74 Å². The minimum Gasteiger partial charge on any atom is -0.453 e. The van der Waals surface area contributed by atoms with E-state index in [2.05, 4.69) is 20.7 Å². The number of sulfone groups is 1. The van der Waals surface area contributed by atoms with E-state index >= 15 is 0 Å². The third-order valence-corrected chi connectivity index (χ3v) is 4.07. The Labute approximate surface area is 107 Å². The highest BCUT2D eigenvalue weighted by atomic mass is 79.9. The summed E-state index contributed by atoms with van der Waals surface area (Å²) in [4.78, 5) is 10.4. The lowest BCUT2D eigenvalue weighted by atomic mass is 10.4. The van der Waals surface area contributed by atoms with Crippen LogP contribution < -0.4 is 0 Å². The zero-order chi connectivity index (χ0) is 12.2. The predicted octanol–water partition coefficient (Wildman–Crippen LogP) is 2.60. The summed E-state index contributed by atoms with van der Waals surface area (Å²) in [6.07, 6.45) is 0. The molecule has 0 aromatic heterocycles. The van der Waals surface area contributed by atoms with E-state index in [1.807, 2.05) is 0 Å². The van der Waals surface area contributed by atoms with Gasteiger partial charge in [0, 0.05) is 16.1 Å². The summed E-state index contributed by atoms with van der Waals surface area (Å²) in [6, 6.07) is 6.20. The second kappa shape index (κ2) is 5.65. The monoisotopic (exact) mass is 326 g/mol. The molecule has 88 valence electrons. The predicted molar refractivity (Wildman–Crippen MR) is 63.4 cm³/mol. The molecule has 4 nitrogen and oxygen atoms in total. The van der Waals surface area contributed by atoms with Gasteiger partial charge in [0.25, 0.3) is 0 Å². The Kier molecular flexibility index (Phi) is 4.76. The van der Waals surface area contributed by atoms with Crippen LogP contribution in [-0.4, -0.2) is 26.2 Å². The maximum atomic E-state index is 11.7. The Bertz CT molecular complexity index is 469. The number of ether oxygens (including phenoxy) is 1. The second-order valence-corrected chi connectivity index (χ2v) is 6.19. The highest BCUT2D eigenvalue weighted by Crippen LogP contribution is 2.15. The minimum absolute atomic E-state index is 0.182. The van der Waals surface area contributed by atoms with Crippen LogP contribution in [-0.2, 0) is 14.6 Å². The van der Waals surface area contributed by atoms with Gasteiger partial charge in [-0.2, -0.15) is 0 Å². The summed E-state index contributed by atoms with van der Waals surface area (Å²) in [6.45, 7) is -0.249. The van der Waals surface area contributed by atoms with Crippen molar-refractivity contribution < 1.29 is 17.9 Å². The summed E-state index contributed by atoms with van der Waals surface area (Å²) in [5, 5.41) is 0. The molecule has 0 aliphatic carbocycles. The van der Waals surface area contributed by atoms with Crippen LogP contribution in [0.4, 0.5) is 4.79 Å². The molecule has 0 saturated heterocycles. The van der Waals surface area contributed by atoms with Crippen LogP contribution in [0.25, 0.3) is 0 Å². The fraction of sp³-hybridized carbons (Fsp3) is 0.222. The molecule has 0 saturated carbocycles. The summed E-state index contributed by atoms with van der Waals surface area (Å²) >= 11 is 8.11. The number of hydrogen-bond donors (Lipinski definition) is 0. The number of benzene rings is 1. The molecule has 0 heterocycles. The van der Waals surface area contributed by atoms with E-state index in [-0.39, 0.29) is 17.3 Å². The van der Waals surface area contributed by atoms with E-state index in [1.54, 1.807) is 12.1 Å². The number of halogens is 2. The molecule has 0 aliphatic heterocycles. The molecule has 0 bridgehead atoms. The molecule has 0 radical (unpaired) electrons. The van der Waals surface area contributed by atoms with Gasteiger partial charge in [-0.05, 0) is 24.3 Å². The Hall–Kier alpha value is -0.590. The SMILES string of the molecule is O=C(Cl)OCCS(=O)(=O)c1ccc(Br)cc1. The molecular weight excluding hydrogens is 320 g/mol. The van der Waals surface area contributed by atoms with Crippen molar-refractivity contribution in [3.63, 3.8) is 0 Å². The van der Waals surface area contributed by atoms with Crippen molar-refractivity contribution in [2.45, 2.75) is 4.90 Å². The fourth-order valence-corrected chi connectivity index (χ4v) is 2.42. The van der Waals surface area contributed by atoms with Crippen molar-refractivity contribution in [2.75, 3.05) is 12.4 Å². The molecule has 0 fully saturated rings. The van der Waals surface area contributed by atoms with Gasteiger partial charge in [-0.15, -0.1) is 0 Å². The topological polar surface area (TPSA) is 60.4 Å². The van der Waals surface area contributed by atoms with Crippen LogP contribution in [0, 0.1) is 0 Å². The first-order valence-electron chi connectivity index (χ1n) is 4.22. The number of hydrogen-bond acceptors (Lipinski definition) is 4. The zero-order valence-electron chi connectivity index (χ0n) is 8.02. The van der Waals surface area contributed by atoms with Gasteiger partial charge in [0.1, 0.15) is 6.61 Å². The first-order valence-corrected chi connectivity index (χ1v) is 7.05. The van der Waals surface area contributed by atoms with Gasteiger partial charge >= 0.3 is 5.43 Å². The molecule has 1 aromatic carbocycles. The fourth-order valence-electron chi connectivity index (χ4n) is 0.991. The first-order chi connectivity index (χ1) is 7.42. The maximum Gasteiger partial charge on any atom is 0.403 e. The summed E-state index contributed by atoms with van der Waals surface area (Å²) < 4.78 is 28.5. The average molecular weight is 328 g/mol. The normalized spacial score (nSPS) is 11.1. The van der Waals surface area contributed by atoms with E-state index in [1.165, 1.54) is 12.1 Å². The molecule has 0 spiro atoms. The highest BCUT2D eigenvalue weighted by molar-refractivity contribution is 9.10. The van der Waals surface area contributed by atoms with Gasteiger partial charge in [-0.25, -0.2) is 13.2 Å². The number of rotatable bonds is 4. The average Bonchev–Trinajstić information content (AvgIpc) is 2.17. The van der Waals surface area contributed by atoms with Crippen LogP contribution in [0.2, 0.25) is 0 Å². The molecule has 0 amide bonds. The quantitative estimate of drug-likeness (QED) is 0.798. The van der Waals surface area contributed by atoms with Gasteiger partial charge in [0.05, 0.1) is 10.6 Å². The van der Waals surface area contributed by atoms with Gasteiger partial charge in [0.15, 0.2) is 9.84 Å². The van der Waals surface area contributed by atoms with Crippen molar-refractivity contribution in [3.05, 3.63) is 28.7 Å².